The highest BCUT2D eigenvalue weighted by Crippen LogP contribution is 2.29. The first-order valence-electron chi connectivity index (χ1n) is 7.47. The van der Waals surface area contributed by atoms with Gasteiger partial charge in [-0.1, -0.05) is 32.9 Å². The van der Waals surface area contributed by atoms with Crippen molar-refractivity contribution in [3.8, 4) is 0 Å². The molecule has 0 saturated carbocycles. The van der Waals surface area contributed by atoms with Crippen molar-refractivity contribution in [3.05, 3.63) is 28.8 Å². The second-order valence-corrected chi connectivity index (χ2v) is 6.91. The van der Waals surface area contributed by atoms with Gasteiger partial charge in [-0.05, 0) is 55.3 Å². The molecule has 0 aromatic heterocycles. The summed E-state index contributed by atoms with van der Waals surface area (Å²) in [4.78, 5) is 0. The Morgan fingerprint density at radius 3 is 2.32 bits per heavy atom. The number of benzene rings is 1. The van der Waals surface area contributed by atoms with E-state index in [2.05, 4.69) is 57.4 Å². The van der Waals surface area contributed by atoms with Crippen molar-refractivity contribution in [1.82, 2.24) is 5.32 Å². The van der Waals surface area contributed by atoms with Crippen LogP contribution in [0.3, 0.4) is 0 Å². The molecule has 1 aliphatic rings. The third kappa shape index (κ3) is 3.50. The van der Waals surface area contributed by atoms with Gasteiger partial charge in [-0.15, -0.1) is 0 Å². The standard InChI is InChI=1S/C17H28N2/c1-12-9-14(17(3,4)5)10-13(2)16(12)19-11-15-7-6-8-18-15/h9-10,15,18-19H,6-8,11H2,1-5H3. The molecule has 19 heavy (non-hydrogen) atoms. The molecule has 2 rings (SSSR count). The predicted molar refractivity (Wildman–Crippen MR) is 84.1 cm³/mol. The van der Waals surface area contributed by atoms with Crippen LogP contribution in [0, 0.1) is 13.8 Å². The Morgan fingerprint density at radius 1 is 1.21 bits per heavy atom. The quantitative estimate of drug-likeness (QED) is 0.864. The third-order valence-electron chi connectivity index (χ3n) is 4.09. The molecule has 2 heteroatoms. The fourth-order valence-corrected chi connectivity index (χ4v) is 2.83. The molecule has 1 saturated heterocycles. The topological polar surface area (TPSA) is 24.1 Å². The van der Waals surface area contributed by atoms with E-state index in [0.29, 0.717) is 6.04 Å². The van der Waals surface area contributed by atoms with Crippen LogP contribution in [-0.2, 0) is 5.41 Å². The number of hydrogen-bond acceptors (Lipinski definition) is 2. The molecule has 1 aliphatic heterocycles. The first kappa shape index (κ1) is 14.4. The van der Waals surface area contributed by atoms with E-state index >= 15 is 0 Å². The van der Waals surface area contributed by atoms with E-state index in [9.17, 15) is 0 Å². The van der Waals surface area contributed by atoms with Gasteiger partial charge in [0.05, 0.1) is 0 Å². The van der Waals surface area contributed by atoms with Gasteiger partial charge in [-0.2, -0.15) is 0 Å². The van der Waals surface area contributed by atoms with Crippen LogP contribution in [0.2, 0.25) is 0 Å². The zero-order valence-electron chi connectivity index (χ0n) is 13.1. The number of hydrogen-bond donors (Lipinski definition) is 2. The summed E-state index contributed by atoms with van der Waals surface area (Å²) in [5, 5.41) is 7.18. The van der Waals surface area contributed by atoms with Gasteiger partial charge in [-0.3, -0.25) is 0 Å². The smallest absolute Gasteiger partial charge is 0.0400 e. The molecule has 1 heterocycles. The summed E-state index contributed by atoms with van der Waals surface area (Å²) in [6.45, 7) is 13.5. The number of aryl methyl sites for hydroxylation is 2. The summed E-state index contributed by atoms with van der Waals surface area (Å²) >= 11 is 0. The lowest BCUT2D eigenvalue weighted by Gasteiger charge is -2.23. The Kier molecular flexibility index (Phi) is 4.19. The van der Waals surface area contributed by atoms with Gasteiger partial charge in [0, 0.05) is 18.3 Å². The van der Waals surface area contributed by atoms with Gasteiger partial charge < -0.3 is 10.6 Å². The second-order valence-electron chi connectivity index (χ2n) is 6.91. The van der Waals surface area contributed by atoms with Gasteiger partial charge in [0.1, 0.15) is 0 Å². The van der Waals surface area contributed by atoms with Crippen LogP contribution in [0.15, 0.2) is 12.1 Å². The minimum Gasteiger partial charge on any atom is -0.383 e. The summed E-state index contributed by atoms with van der Waals surface area (Å²) < 4.78 is 0. The lowest BCUT2D eigenvalue weighted by atomic mass is 9.85. The Hall–Kier alpha value is -1.02. The van der Waals surface area contributed by atoms with Crippen molar-refractivity contribution >= 4 is 5.69 Å². The Morgan fingerprint density at radius 2 is 1.84 bits per heavy atom. The molecular weight excluding hydrogens is 232 g/mol. The minimum atomic E-state index is 0.223. The number of nitrogens with one attached hydrogen (secondary N) is 2. The predicted octanol–water partition coefficient (Wildman–Crippen LogP) is 3.76. The minimum absolute atomic E-state index is 0.223. The lowest BCUT2D eigenvalue weighted by molar-refractivity contribution is 0.589. The van der Waals surface area contributed by atoms with Crippen molar-refractivity contribution in [2.24, 2.45) is 0 Å². The van der Waals surface area contributed by atoms with Crippen LogP contribution >= 0.6 is 0 Å². The van der Waals surface area contributed by atoms with E-state index in [1.165, 1.54) is 41.8 Å². The molecule has 2 N–H and O–H groups in total. The molecule has 0 aliphatic carbocycles. The number of anilines is 1. The van der Waals surface area contributed by atoms with Crippen LogP contribution in [-0.4, -0.2) is 19.1 Å². The van der Waals surface area contributed by atoms with Crippen molar-refractivity contribution in [1.29, 1.82) is 0 Å². The maximum Gasteiger partial charge on any atom is 0.0400 e. The zero-order valence-corrected chi connectivity index (χ0v) is 13.1. The maximum absolute atomic E-state index is 3.64. The van der Waals surface area contributed by atoms with E-state index in [-0.39, 0.29) is 5.41 Å². The average Bonchev–Trinajstić information content (AvgIpc) is 2.79. The number of rotatable bonds is 3. The highest BCUT2D eigenvalue weighted by molar-refractivity contribution is 5.59. The van der Waals surface area contributed by atoms with Gasteiger partial charge in [0.25, 0.3) is 0 Å². The monoisotopic (exact) mass is 260 g/mol. The maximum atomic E-state index is 3.64. The summed E-state index contributed by atoms with van der Waals surface area (Å²) in [7, 11) is 0. The molecule has 0 bridgehead atoms. The lowest BCUT2D eigenvalue weighted by Crippen LogP contribution is -2.29. The van der Waals surface area contributed by atoms with Gasteiger partial charge in [-0.25, -0.2) is 0 Å². The molecule has 0 amide bonds. The molecule has 106 valence electrons. The highest BCUT2D eigenvalue weighted by Gasteiger charge is 2.17. The zero-order chi connectivity index (χ0) is 14.0. The summed E-state index contributed by atoms with van der Waals surface area (Å²) in [5.41, 5.74) is 5.70. The van der Waals surface area contributed by atoms with E-state index in [0.717, 1.165) is 6.54 Å². The molecule has 0 radical (unpaired) electrons. The largest absolute Gasteiger partial charge is 0.383 e. The van der Waals surface area contributed by atoms with Crippen LogP contribution < -0.4 is 10.6 Å². The Bertz CT molecular complexity index is 414. The third-order valence-corrected chi connectivity index (χ3v) is 4.09. The summed E-state index contributed by atoms with van der Waals surface area (Å²) in [5.74, 6) is 0. The normalized spacial score (nSPS) is 19.7. The molecule has 2 nitrogen and oxygen atoms in total. The van der Waals surface area contributed by atoms with Crippen molar-refractivity contribution < 1.29 is 0 Å². The second kappa shape index (κ2) is 5.54. The molecule has 0 spiro atoms. The van der Waals surface area contributed by atoms with Crippen molar-refractivity contribution in [2.75, 3.05) is 18.4 Å². The van der Waals surface area contributed by atoms with E-state index in [1.807, 2.05) is 0 Å². The van der Waals surface area contributed by atoms with Gasteiger partial charge in [0.2, 0.25) is 0 Å². The summed E-state index contributed by atoms with van der Waals surface area (Å²) in [6.07, 6.45) is 2.61. The molecule has 1 fully saturated rings. The van der Waals surface area contributed by atoms with Crippen LogP contribution in [0.1, 0.15) is 50.3 Å². The fraction of sp³-hybridized carbons (Fsp3) is 0.647. The first-order chi connectivity index (χ1) is 8.88. The molecule has 1 aromatic rings. The van der Waals surface area contributed by atoms with E-state index in [1.54, 1.807) is 0 Å². The van der Waals surface area contributed by atoms with Gasteiger partial charge in [0.15, 0.2) is 0 Å². The van der Waals surface area contributed by atoms with E-state index < -0.39 is 0 Å². The van der Waals surface area contributed by atoms with Crippen LogP contribution in [0.4, 0.5) is 5.69 Å². The molecular formula is C17H28N2. The molecule has 1 aromatic carbocycles. The van der Waals surface area contributed by atoms with Crippen LogP contribution in [0.25, 0.3) is 0 Å². The van der Waals surface area contributed by atoms with Crippen molar-refractivity contribution in [2.45, 2.75) is 58.9 Å². The Labute approximate surface area is 118 Å². The molecule has 1 atom stereocenters. The van der Waals surface area contributed by atoms with E-state index in [4.69, 9.17) is 0 Å². The van der Waals surface area contributed by atoms with Crippen LogP contribution in [0.5, 0.6) is 0 Å². The average molecular weight is 260 g/mol. The Balaban J connectivity index is 2.12. The molecule has 1 unspecified atom stereocenters. The first-order valence-corrected chi connectivity index (χ1v) is 7.47. The fourth-order valence-electron chi connectivity index (χ4n) is 2.83. The summed E-state index contributed by atoms with van der Waals surface area (Å²) in [6, 6.07) is 5.30. The highest BCUT2D eigenvalue weighted by atomic mass is 15.0. The van der Waals surface area contributed by atoms with Gasteiger partial charge >= 0.3 is 0 Å². The SMILES string of the molecule is Cc1cc(C(C)(C)C)cc(C)c1NCC1CCCN1. The van der Waals surface area contributed by atoms with Crippen molar-refractivity contribution in [3.63, 3.8) is 0 Å².